The molecule has 18 heavy (non-hydrogen) atoms. The minimum absolute atomic E-state index is 0.709. The third-order valence-electron chi connectivity index (χ3n) is 4.77. The number of anilines is 1. The highest BCUT2D eigenvalue weighted by Gasteiger charge is 2.32. The molecular formula is C16H22IN. The summed E-state index contributed by atoms with van der Waals surface area (Å²) in [6.07, 6.45) is 10.1. The summed E-state index contributed by atoms with van der Waals surface area (Å²) in [6, 6.07) is 9.37. The average molecular weight is 355 g/mol. The van der Waals surface area contributed by atoms with Crippen molar-refractivity contribution in [3.05, 3.63) is 27.8 Å². The van der Waals surface area contributed by atoms with Crippen LogP contribution in [-0.2, 0) is 0 Å². The first-order valence-electron chi connectivity index (χ1n) is 7.34. The molecule has 0 aromatic heterocycles. The number of para-hydroxylation sites is 1. The van der Waals surface area contributed by atoms with Crippen molar-refractivity contribution < 1.29 is 0 Å². The summed E-state index contributed by atoms with van der Waals surface area (Å²) in [5.74, 6) is 2.05. The van der Waals surface area contributed by atoms with E-state index in [1.54, 1.807) is 0 Å². The molecule has 0 heterocycles. The van der Waals surface area contributed by atoms with Crippen LogP contribution in [0.1, 0.15) is 44.9 Å². The fraction of sp³-hybridized carbons (Fsp3) is 0.625. The van der Waals surface area contributed by atoms with Crippen LogP contribution >= 0.6 is 22.6 Å². The number of rotatable bonds is 2. The predicted octanol–water partition coefficient (Wildman–Crippen LogP) is 5.06. The molecule has 2 aliphatic carbocycles. The zero-order chi connectivity index (χ0) is 12.4. The zero-order valence-corrected chi connectivity index (χ0v) is 13.0. The van der Waals surface area contributed by atoms with Crippen LogP contribution < -0.4 is 5.32 Å². The van der Waals surface area contributed by atoms with E-state index in [1.165, 1.54) is 54.2 Å². The van der Waals surface area contributed by atoms with E-state index in [0.717, 1.165) is 11.8 Å². The van der Waals surface area contributed by atoms with Crippen LogP contribution in [0.3, 0.4) is 0 Å². The van der Waals surface area contributed by atoms with Crippen molar-refractivity contribution in [2.24, 2.45) is 11.8 Å². The Morgan fingerprint density at radius 1 is 0.944 bits per heavy atom. The molecule has 3 rings (SSSR count). The summed E-state index contributed by atoms with van der Waals surface area (Å²) in [6.45, 7) is 0. The van der Waals surface area contributed by atoms with Gasteiger partial charge in [-0.05, 0) is 65.8 Å². The molecule has 2 aliphatic rings. The molecule has 3 atom stereocenters. The van der Waals surface area contributed by atoms with E-state index >= 15 is 0 Å². The van der Waals surface area contributed by atoms with E-state index in [-0.39, 0.29) is 0 Å². The summed E-state index contributed by atoms with van der Waals surface area (Å²) in [5.41, 5.74) is 1.33. The summed E-state index contributed by atoms with van der Waals surface area (Å²) >= 11 is 2.43. The van der Waals surface area contributed by atoms with Gasteiger partial charge < -0.3 is 5.32 Å². The molecule has 2 fully saturated rings. The molecule has 98 valence electrons. The van der Waals surface area contributed by atoms with Crippen LogP contribution in [0.4, 0.5) is 5.69 Å². The second-order valence-corrected chi connectivity index (χ2v) is 7.10. The van der Waals surface area contributed by atoms with Gasteiger partial charge in [-0.25, -0.2) is 0 Å². The number of benzene rings is 1. The summed E-state index contributed by atoms with van der Waals surface area (Å²) in [4.78, 5) is 0. The third kappa shape index (κ3) is 2.84. The van der Waals surface area contributed by atoms with Gasteiger partial charge in [-0.1, -0.05) is 37.8 Å². The topological polar surface area (TPSA) is 12.0 Å². The van der Waals surface area contributed by atoms with Crippen molar-refractivity contribution in [1.29, 1.82) is 0 Å². The maximum Gasteiger partial charge on any atom is 0.0478 e. The van der Waals surface area contributed by atoms with Crippen LogP contribution in [0, 0.1) is 15.4 Å². The number of hydrogen-bond donors (Lipinski definition) is 1. The number of fused-ring (bicyclic) bond motifs is 1. The molecule has 3 unspecified atom stereocenters. The Labute approximate surface area is 124 Å². The molecule has 1 nitrogen and oxygen atoms in total. The van der Waals surface area contributed by atoms with Crippen molar-refractivity contribution >= 4 is 28.3 Å². The minimum atomic E-state index is 0.709. The number of halogens is 1. The Morgan fingerprint density at radius 2 is 1.72 bits per heavy atom. The first-order valence-corrected chi connectivity index (χ1v) is 8.42. The van der Waals surface area contributed by atoms with Crippen molar-refractivity contribution in [1.82, 2.24) is 0 Å². The fourth-order valence-corrected chi connectivity index (χ4v) is 4.35. The maximum atomic E-state index is 3.77. The van der Waals surface area contributed by atoms with Crippen molar-refractivity contribution in [2.75, 3.05) is 5.32 Å². The van der Waals surface area contributed by atoms with E-state index in [9.17, 15) is 0 Å². The monoisotopic (exact) mass is 355 g/mol. The lowest BCUT2D eigenvalue weighted by Crippen LogP contribution is -2.34. The summed E-state index contributed by atoms with van der Waals surface area (Å²) in [5, 5.41) is 3.77. The highest BCUT2D eigenvalue weighted by molar-refractivity contribution is 14.1. The molecule has 0 amide bonds. The van der Waals surface area contributed by atoms with Gasteiger partial charge in [0.15, 0.2) is 0 Å². The van der Waals surface area contributed by atoms with Crippen molar-refractivity contribution in [3.8, 4) is 0 Å². The van der Waals surface area contributed by atoms with E-state index in [4.69, 9.17) is 0 Å². The van der Waals surface area contributed by atoms with Gasteiger partial charge >= 0.3 is 0 Å². The third-order valence-corrected chi connectivity index (χ3v) is 5.71. The molecule has 0 aliphatic heterocycles. The molecule has 0 bridgehead atoms. The Hall–Kier alpha value is -0.250. The number of hydrogen-bond acceptors (Lipinski definition) is 1. The normalized spacial score (nSPS) is 31.7. The van der Waals surface area contributed by atoms with Crippen LogP contribution in [0.25, 0.3) is 0 Å². The van der Waals surface area contributed by atoms with Gasteiger partial charge in [0, 0.05) is 15.3 Å². The van der Waals surface area contributed by atoms with Crippen LogP contribution in [0.2, 0.25) is 0 Å². The van der Waals surface area contributed by atoms with Gasteiger partial charge in [0.25, 0.3) is 0 Å². The van der Waals surface area contributed by atoms with Gasteiger partial charge in [0.1, 0.15) is 0 Å². The Kier molecular flexibility index (Phi) is 4.12. The first kappa shape index (κ1) is 12.8. The van der Waals surface area contributed by atoms with Crippen molar-refractivity contribution in [2.45, 2.75) is 51.0 Å². The van der Waals surface area contributed by atoms with Gasteiger partial charge in [0.05, 0.1) is 0 Å². The van der Waals surface area contributed by atoms with Gasteiger partial charge in [-0.3, -0.25) is 0 Å². The smallest absolute Gasteiger partial charge is 0.0478 e. The highest BCUT2D eigenvalue weighted by atomic mass is 127. The first-order chi connectivity index (χ1) is 8.83. The van der Waals surface area contributed by atoms with Gasteiger partial charge in [0.2, 0.25) is 0 Å². The second-order valence-electron chi connectivity index (χ2n) is 5.94. The second kappa shape index (κ2) is 5.81. The van der Waals surface area contributed by atoms with Crippen LogP contribution in [0.5, 0.6) is 0 Å². The molecule has 0 saturated heterocycles. The summed E-state index contributed by atoms with van der Waals surface area (Å²) in [7, 11) is 0. The average Bonchev–Trinajstić information content (AvgIpc) is 2.41. The molecule has 0 radical (unpaired) electrons. The molecule has 1 aromatic carbocycles. The zero-order valence-electron chi connectivity index (χ0n) is 10.9. The molecule has 2 heteroatoms. The van der Waals surface area contributed by atoms with E-state index < -0.39 is 0 Å². The van der Waals surface area contributed by atoms with E-state index in [0.29, 0.717) is 6.04 Å². The fourth-order valence-electron chi connectivity index (χ4n) is 3.80. The van der Waals surface area contributed by atoms with E-state index in [1.807, 2.05) is 0 Å². The van der Waals surface area contributed by atoms with Crippen LogP contribution in [0.15, 0.2) is 24.3 Å². The Bertz CT molecular complexity index is 404. The lowest BCUT2D eigenvalue weighted by atomic mass is 9.69. The SMILES string of the molecule is Ic1ccccc1NC1CCC2CCCCC2C1. The standard InChI is InChI=1S/C16H22IN/c17-15-7-3-4-8-16(15)18-14-10-9-12-5-1-2-6-13(12)11-14/h3-4,7-8,12-14,18H,1-2,5-6,9-11H2. The molecule has 1 aromatic rings. The predicted molar refractivity (Wildman–Crippen MR) is 85.9 cm³/mol. The largest absolute Gasteiger partial charge is 0.381 e. The van der Waals surface area contributed by atoms with E-state index in [2.05, 4.69) is 52.2 Å². The highest BCUT2D eigenvalue weighted by Crippen LogP contribution is 2.41. The van der Waals surface area contributed by atoms with Crippen molar-refractivity contribution in [3.63, 3.8) is 0 Å². The lowest BCUT2D eigenvalue weighted by Gasteiger charge is -2.40. The molecule has 2 saturated carbocycles. The Balaban J connectivity index is 1.63. The summed E-state index contributed by atoms with van der Waals surface area (Å²) < 4.78 is 1.35. The Morgan fingerprint density at radius 3 is 2.56 bits per heavy atom. The quantitative estimate of drug-likeness (QED) is 0.731. The molecule has 0 spiro atoms. The molecular weight excluding hydrogens is 333 g/mol. The maximum absolute atomic E-state index is 3.77. The minimum Gasteiger partial charge on any atom is -0.381 e. The molecule has 1 N–H and O–H groups in total. The number of nitrogens with one attached hydrogen (secondary N) is 1. The van der Waals surface area contributed by atoms with Gasteiger partial charge in [-0.2, -0.15) is 0 Å². The van der Waals surface area contributed by atoms with Gasteiger partial charge in [-0.15, -0.1) is 0 Å². The van der Waals surface area contributed by atoms with Crippen LogP contribution in [-0.4, -0.2) is 6.04 Å². The lowest BCUT2D eigenvalue weighted by molar-refractivity contribution is 0.162.